The number of hydrogen-bond donors (Lipinski definition) is 2. The normalized spacial score (nSPS) is 11.8. The summed E-state index contributed by atoms with van der Waals surface area (Å²) in [6.45, 7) is 2.68. The molecule has 1 amide bonds. The molecule has 5 aromatic rings. The van der Waals surface area contributed by atoms with Gasteiger partial charge in [0.2, 0.25) is 0 Å². The quantitative estimate of drug-likeness (QED) is 0.114. The highest BCUT2D eigenvalue weighted by Gasteiger charge is 2.23. The monoisotopic (exact) mass is 597 g/mol. The Labute approximate surface area is 253 Å². The van der Waals surface area contributed by atoms with Crippen molar-refractivity contribution in [1.29, 1.82) is 0 Å². The number of benzene rings is 2. The minimum atomic E-state index is -0.557. The van der Waals surface area contributed by atoms with Crippen LogP contribution in [-0.4, -0.2) is 34.8 Å². The molecular formula is C32H31N5O3S2. The number of primary amides is 1. The van der Waals surface area contributed by atoms with Gasteiger partial charge in [-0.05, 0) is 59.4 Å². The van der Waals surface area contributed by atoms with Crippen LogP contribution in [0.4, 0.5) is 10.9 Å². The molecule has 0 radical (unpaired) electrons. The van der Waals surface area contributed by atoms with Gasteiger partial charge in [-0.15, -0.1) is 0 Å². The van der Waals surface area contributed by atoms with Crippen LogP contribution in [0.3, 0.4) is 0 Å². The molecule has 42 heavy (non-hydrogen) atoms. The number of methoxy groups -OCH3 is 1. The molecule has 0 saturated heterocycles. The Morgan fingerprint density at radius 3 is 2.60 bits per heavy atom. The van der Waals surface area contributed by atoms with Crippen LogP contribution in [-0.2, 0) is 22.5 Å². The zero-order valence-corrected chi connectivity index (χ0v) is 25.0. The molecule has 8 nitrogen and oxygen atoms in total. The maximum absolute atomic E-state index is 12.6. The highest BCUT2D eigenvalue weighted by atomic mass is 32.2. The van der Waals surface area contributed by atoms with Crippen molar-refractivity contribution in [2.75, 3.05) is 19.2 Å². The van der Waals surface area contributed by atoms with Crippen LogP contribution in [0.15, 0.2) is 100 Å². The molecule has 0 aliphatic rings. The van der Waals surface area contributed by atoms with Crippen molar-refractivity contribution in [1.82, 2.24) is 15.0 Å². The molecular weight excluding hydrogens is 567 g/mol. The van der Waals surface area contributed by atoms with Gasteiger partial charge >= 0.3 is 0 Å². The Hall–Kier alpha value is -4.09. The molecule has 0 unspecified atom stereocenters. The second-order valence-electron chi connectivity index (χ2n) is 9.60. The van der Waals surface area contributed by atoms with Gasteiger partial charge in [-0.1, -0.05) is 77.7 Å². The first kappa shape index (κ1) is 29.4. The highest BCUT2D eigenvalue weighted by Crippen LogP contribution is 2.39. The third-order valence-electron chi connectivity index (χ3n) is 6.53. The van der Waals surface area contributed by atoms with Crippen LogP contribution in [0.1, 0.15) is 44.2 Å². The molecule has 0 fully saturated rings. The first-order valence-electron chi connectivity index (χ1n) is 13.3. The van der Waals surface area contributed by atoms with Crippen LogP contribution >= 0.6 is 23.1 Å². The summed E-state index contributed by atoms with van der Waals surface area (Å²) in [5.74, 6) is 0.126. The summed E-state index contributed by atoms with van der Waals surface area (Å²) in [4.78, 5) is 26.8. The lowest BCUT2D eigenvalue weighted by Gasteiger charge is -2.21. The van der Waals surface area contributed by atoms with E-state index in [0.29, 0.717) is 13.0 Å². The van der Waals surface area contributed by atoms with Crippen LogP contribution in [0.5, 0.6) is 0 Å². The predicted octanol–water partition coefficient (Wildman–Crippen LogP) is 6.73. The number of nitrogens with one attached hydrogen (secondary N) is 1. The number of nitrogens with two attached hydrogens (primary N) is 1. The van der Waals surface area contributed by atoms with E-state index in [2.05, 4.69) is 44.5 Å². The predicted molar refractivity (Wildman–Crippen MR) is 166 cm³/mol. The van der Waals surface area contributed by atoms with Crippen LogP contribution in [0.25, 0.3) is 0 Å². The number of anilines is 2. The number of pyridine rings is 2. The summed E-state index contributed by atoms with van der Waals surface area (Å²) in [6, 6.07) is 24.4. The third-order valence-corrected chi connectivity index (χ3v) is 8.64. The molecule has 1 atom stereocenters. The van der Waals surface area contributed by atoms with E-state index in [1.807, 2.05) is 61.7 Å². The van der Waals surface area contributed by atoms with E-state index >= 15 is 0 Å². The van der Waals surface area contributed by atoms with Gasteiger partial charge in [0.15, 0.2) is 5.13 Å². The number of rotatable bonds is 13. The number of nitrogens with zero attached hydrogens (tertiary/aromatic N) is 3. The molecule has 2 aromatic carbocycles. The number of aryl methyl sites for hydroxylation is 1. The Kier molecular flexibility index (Phi) is 9.94. The standard InChI is InChI=1S/C32H31N5O3S2/c1-21-11-13-34-28(15-21)37-32-36-18-29(42-32)41-27-12-14-35-30(31(33)38)26(27)17-25(23-8-4-3-5-9-23)24-10-6-7-22(16-24)19-40-20-39-2/h3-16,18,25H,17,19-20H2,1-2H3,(H2,33,38)(H,34,36,37)/t25-/m1/s1. The number of hydrogen-bond acceptors (Lipinski definition) is 9. The van der Waals surface area contributed by atoms with Gasteiger partial charge in [0, 0.05) is 30.3 Å². The SMILES string of the molecule is COCOCc1cccc([C@H](Cc2c(Sc3cnc(Nc4cc(C)ccn4)s3)ccnc2C(N)=O)c2ccccc2)c1. The molecule has 0 bridgehead atoms. The minimum Gasteiger partial charge on any atom is -0.364 e. The highest BCUT2D eigenvalue weighted by molar-refractivity contribution is 8.01. The second-order valence-corrected chi connectivity index (χ2v) is 12.0. The summed E-state index contributed by atoms with van der Waals surface area (Å²) in [7, 11) is 1.60. The number of aromatic nitrogens is 3. The van der Waals surface area contributed by atoms with Gasteiger partial charge in [-0.2, -0.15) is 0 Å². The van der Waals surface area contributed by atoms with Gasteiger partial charge in [-0.3, -0.25) is 9.78 Å². The second kappa shape index (κ2) is 14.2. The fourth-order valence-corrected chi connectivity index (χ4v) is 6.61. The molecule has 10 heteroatoms. The van der Waals surface area contributed by atoms with Crippen LogP contribution in [0, 0.1) is 6.92 Å². The Morgan fingerprint density at radius 2 is 1.81 bits per heavy atom. The molecule has 5 rings (SSSR count). The Morgan fingerprint density at radius 1 is 1.00 bits per heavy atom. The number of carbonyl (C=O) groups excluding carboxylic acids is 1. The average Bonchev–Trinajstić information content (AvgIpc) is 3.43. The molecule has 3 aromatic heterocycles. The molecule has 214 valence electrons. The summed E-state index contributed by atoms with van der Waals surface area (Å²) < 4.78 is 11.6. The van der Waals surface area contributed by atoms with E-state index in [1.165, 1.54) is 11.3 Å². The topological polar surface area (TPSA) is 112 Å². The van der Waals surface area contributed by atoms with Crippen molar-refractivity contribution in [3.05, 3.63) is 125 Å². The average molecular weight is 598 g/mol. The number of ether oxygens (including phenoxy) is 2. The van der Waals surface area contributed by atoms with Crippen molar-refractivity contribution in [3.63, 3.8) is 0 Å². The van der Waals surface area contributed by atoms with E-state index < -0.39 is 5.91 Å². The summed E-state index contributed by atoms with van der Waals surface area (Å²) in [6.07, 6.45) is 5.74. The van der Waals surface area contributed by atoms with Gasteiger partial charge in [0.25, 0.3) is 5.91 Å². The zero-order chi connectivity index (χ0) is 29.3. The van der Waals surface area contributed by atoms with Crippen molar-refractivity contribution in [3.8, 4) is 0 Å². The third kappa shape index (κ3) is 7.59. The lowest BCUT2D eigenvalue weighted by Crippen LogP contribution is -2.18. The fourth-order valence-electron chi connectivity index (χ4n) is 4.63. The van der Waals surface area contributed by atoms with Gasteiger partial charge in [-0.25, -0.2) is 9.97 Å². The van der Waals surface area contributed by atoms with E-state index in [0.717, 1.165) is 47.9 Å². The fraction of sp³-hybridized carbons (Fsp3) is 0.188. The lowest BCUT2D eigenvalue weighted by atomic mass is 9.85. The van der Waals surface area contributed by atoms with Crippen LogP contribution in [0.2, 0.25) is 0 Å². The summed E-state index contributed by atoms with van der Waals surface area (Å²) in [5.41, 5.74) is 11.3. The maximum atomic E-state index is 12.6. The van der Waals surface area contributed by atoms with Gasteiger partial charge in [0.1, 0.15) is 18.3 Å². The van der Waals surface area contributed by atoms with Crippen molar-refractivity contribution in [2.45, 2.75) is 35.0 Å². The zero-order valence-electron chi connectivity index (χ0n) is 23.3. The molecule has 0 saturated carbocycles. The van der Waals surface area contributed by atoms with E-state index in [-0.39, 0.29) is 18.4 Å². The molecule has 0 aliphatic heterocycles. The first-order chi connectivity index (χ1) is 20.5. The molecule has 0 aliphatic carbocycles. The number of carbonyl (C=O) groups is 1. The van der Waals surface area contributed by atoms with Crippen molar-refractivity contribution >= 4 is 40.0 Å². The summed E-state index contributed by atoms with van der Waals surface area (Å²) in [5, 5.41) is 4.00. The molecule has 3 heterocycles. The van der Waals surface area contributed by atoms with E-state index in [1.54, 1.807) is 31.3 Å². The van der Waals surface area contributed by atoms with E-state index in [4.69, 9.17) is 15.2 Å². The minimum absolute atomic E-state index is 0.0543. The number of amides is 1. The first-order valence-corrected chi connectivity index (χ1v) is 14.9. The number of thiazole rings is 1. The van der Waals surface area contributed by atoms with E-state index in [9.17, 15) is 4.79 Å². The van der Waals surface area contributed by atoms with Gasteiger partial charge in [0.05, 0.1) is 17.0 Å². The largest absolute Gasteiger partial charge is 0.364 e. The Balaban J connectivity index is 1.47. The molecule has 3 N–H and O–H groups in total. The smallest absolute Gasteiger partial charge is 0.267 e. The Bertz CT molecular complexity index is 1640. The van der Waals surface area contributed by atoms with Crippen molar-refractivity contribution in [2.24, 2.45) is 5.73 Å². The molecule has 0 spiro atoms. The summed E-state index contributed by atoms with van der Waals surface area (Å²) >= 11 is 3.06. The van der Waals surface area contributed by atoms with Crippen molar-refractivity contribution < 1.29 is 14.3 Å². The maximum Gasteiger partial charge on any atom is 0.267 e. The van der Waals surface area contributed by atoms with Crippen LogP contribution < -0.4 is 11.1 Å². The van der Waals surface area contributed by atoms with Gasteiger partial charge < -0.3 is 20.5 Å². The lowest BCUT2D eigenvalue weighted by molar-refractivity contribution is -0.0390.